The topological polar surface area (TPSA) is 50.7 Å². The maximum atomic E-state index is 4.50. The highest BCUT2D eigenvalue weighted by atomic mass is 32.1. The van der Waals surface area contributed by atoms with Crippen LogP contribution in [0.5, 0.6) is 0 Å². The predicted octanol–water partition coefficient (Wildman–Crippen LogP) is 3.47. The van der Waals surface area contributed by atoms with Crippen LogP contribution in [-0.4, -0.2) is 14.3 Å². The van der Waals surface area contributed by atoms with E-state index in [0.29, 0.717) is 0 Å². The van der Waals surface area contributed by atoms with E-state index < -0.39 is 0 Å². The second-order valence-electron chi connectivity index (χ2n) is 5.10. The van der Waals surface area contributed by atoms with E-state index in [2.05, 4.69) is 47.4 Å². The predicted molar refractivity (Wildman–Crippen MR) is 77.4 cm³/mol. The van der Waals surface area contributed by atoms with Crippen molar-refractivity contribution in [3.8, 4) is 0 Å². The summed E-state index contributed by atoms with van der Waals surface area (Å²) in [6, 6.07) is 0. The molecule has 2 aromatic heterocycles. The van der Waals surface area contributed by atoms with E-state index in [0.717, 1.165) is 28.9 Å². The van der Waals surface area contributed by atoms with Crippen LogP contribution in [0, 0.1) is 0 Å². The van der Waals surface area contributed by atoms with Gasteiger partial charge in [0.15, 0.2) is 0 Å². The first-order valence-electron chi connectivity index (χ1n) is 6.00. The number of hydrogen-bond donors (Lipinski definition) is 1. The van der Waals surface area contributed by atoms with Crippen LogP contribution in [0.4, 0.5) is 5.13 Å². The minimum atomic E-state index is 0.00694. The molecule has 0 amide bonds. The van der Waals surface area contributed by atoms with Crippen molar-refractivity contribution in [1.82, 2.24) is 14.3 Å². The summed E-state index contributed by atoms with van der Waals surface area (Å²) in [4.78, 5) is 10.2. The smallest absolute Gasteiger partial charge is 0.202 e. The van der Waals surface area contributed by atoms with Gasteiger partial charge in [-0.2, -0.15) is 4.37 Å². The van der Waals surface area contributed by atoms with Gasteiger partial charge in [-0.1, -0.05) is 27.7 Å². The molecular formula is C12H18N4S2. The van der Waals surface area contributed by atoms with Crippen molar-refractivity contribution in [2.75, 3.05) is 5.32 Å². The van der Waals surface area contributed by atoms with E-state index in [-0.39, 0.29) is 5.41 Å². The molecule has 0 aromatic carbocycles. The molecule has 18 heavy (non-hydrogen) atoms. The second-order valence-corrected chi connectivity index (χ2v) is 7.05. The van der Waals surface area contributed by atoms with Crippen molar-refractivity contribution in [3.63, 3.8) is 0 Å². The van der Waals surface area contributed by atoms with Crippen molar-refractivity contribution >= 4 is 28.0 Å². The Morgan fingerprint density at radius 3 is 2.67 bits per heavy atom. The lowest BCUT2D eigenvalue weighted by Gasteiger charge is -2.12. The van der Waals surface area contributed by atoms with Crippen LogP contribution in [0.2, 0.25) is 0 Å². The molecule has 0 aliphatic heterocycles. The van der Waals surface area contributed by atoms with Crippen LogP contribution in [-0.2, 0) is 18.4 Å². The molecule has 2 aromatic rings. The molecule has 2 heterocycles. The van der Waals surface area contributed by atoms with E-state index in [1.165, 1.54) is 16.4 Å². The molecule has 0 saturated carbocycles. The number of aromatic nitrogens is 3. The Morgan fingerprint density at radius 1 is 1.33 bits per heavy atom. The van der Waals surface area contributed by atoms with Crippen LogP contribution in [0.1, 0.15) is 43.4 Å². The Hall–Kier alpha value is -1.01. The van der Waals surface area contributed by atoms with Gasteiger partial charge in [0, 0.05) is 28.0 Å². The number of anilines is 1. The number of aryl methyl sites for hydroxylation is 1. The molecular weight excluding hydrogens is 264 g/mol. The zero-order valence-corrected chi connectivity index (χ0v) is 12.8. The first kappa shape index (κ1) is 13.4. The van der Waals surface area contributed by atoms with Gasteiger partial charge in [-0.05, 0) is 6.42 Å². The third-order valence-electron chi connectivity index (χ3n) is 2.44. The van der Waals surface area contributed by atoms with Crippen molar-refractivity contribution in [1.29, 1.82) is 0 Å². The van der Waals surface area contributed by atoms with Gasteiger partial charge in [0.1, 0.15) is 10.8 Å². The highest BCUT2D eigenvalue weighted by Crippen LogP contribution is 2.23. The van der Waals surface area contributed by atoms with Crippen LogP contribution in [0.3, 0.4) is 0 Å². The van der Waals surface area contributed by atoms with Gasteiger partial charge in [0.25, 0.3) is 0 Å². The fourth-order valence-electron chi connectivity index (χ4n) is 1.34. The number of nitrogens with zero attached hydrogens (tertiary/aromatic N) is 3. The molecule has 2 rings (SSSR count). The summed E-state index contributed by atoms with van der Waals surface area (Å²) >= 11 is 3.16. The summed E-state index contributed by atoms with van der Waals surface area (Å²) in [5.41, 5.74) is 0.00694. The Balaban J connectivity index is 1.96. The Morgan fingerprint density at radius 2 is 2.11 bits per heavy atom. The lowest BCUT2D eigenvalue weighted by atomic mass is 9.96. The monoisotopic (exact) mass is 282 g/mol. The van der Waals surface area contributed by atoms with Crippen LogP contribution < -0.4 is 5.32 Å². The standard InChI is InChI=1S/C12H18N4S2/c1-5-8-6-13-9(17-8)7-14-11-15-10(16-18-11)12(2,3)4/h6H,5,7H2,1-4H3,(H,14,15,16). The molecule has 0 radical (unpaired) electrons. The molecule has 0 aliphatic carbocycles. The SMILES string of the molecule is CCc1cnc(CNc2nc(C(C)(C)C)ns2)s1. The Labute approximate surface area is 116 Å². The zero-order valence-electron chi connectivity index (χ0n) is 11.1. The van der Waals surface area contributed by atoms with Crippen molar-refractivity contribution < 1.29 is 0 Å². The van der Waals surface area contributed by atoms with Gasteiger partial charge in [-0.15, -0.1) is 11.3 Å². The van der Waals surface area contributed by atoms with E-state index >= 15 is 0 Å². The summed E-state index contributed by atoms with van der Waals surface area (Å²) < 4.78 is 4.37. The molecule has 0 atom stereocenters. The molecule has 0 bridgehead atoms. The summed E-state index contributed by atoms with van der Waals surface area (Å²) in [6.07, 6.45) is 2.99. The quantitative estimate of drug-likeness (QED) is 0.933. The summed E-state index contributed by atoms with van der Waals surface area (Å²) in [6.45, 7) is 9.22. The van der Waals surface area contributed by atoms with Gasteiger partial charge in [-0.3, -0.25) is 0 Å². The summed E-state index contributed by atoms with van der Waals surface area (Å²) in [5.74, 6) is 0.892. The van der Waals surface area contributed by atoms with Crippen molar-refractivity contribution in [3.05, 3.63) is 21.9 Å². The normalized spacial score (nSPS) is 11.8. The third-order valence-corrected chi connectivity index (χ3v) is 4.25. The molecule has 0 spiro atoms. The molecule has 4 nitrogen and oxygen atoms in total. The fourth-order valence-corrected chi connectivity index (χ4v) is 2.90. The lowest BCUT2D eigenvalue weighted by molar-refractivity contribution is 0.555. The lowest BCUT2D eigenvalue weighted by Crippen LogP contribution is -2.13. The van der Waals surface area contributed by atoms with E-state index in [9.17, 15) is 0 Å². The van der Waals surface area contributed by atoms with Crippen LogP contribution >= 0.6 is 22.9 Å². The number of nitrogens with one attached hydrogen (secondary N) is 1. The minimum Gasteiger partial charge on any atom is -0.354 e. The van der Waals surface area contributed by atoms with Crippen LogP contribution in [0.25, 0.3) is 0 Å². The number of hydrogen-bond acceptors (Lipinski definition) is 6. The largest absolute Gasteiger partial charge is 0.354 e. The Kier molecular flexibility index (Phi) is 3.97. The highest BCUT2D eigenvalue weighted by Gasteiger charge is 2.19. The van der Waals surface area contributed by atoms with Gasteiger partial charge in [0.05, 0.1) is 6.54 Å². The maximum absolute atomic E-state index is 4.50. The average Bonchev–Trinajstić information content (AvgIpc) is 2.94. The fraction of sp³-hybridized carbons (Fsp3) is 0.583. The van der Waals surface area contributed by atoms with Crippen molar-refractivity contribution in [2.24, 2.45) is 0 Å². The first-order valence-corrected chi connectivity index (χ1v) is 7.59. The van der Waals surface area contributed by atoms with Gasteiger partial charge in [-0.25, -0.2) is 9.97 Å². The maximum Gasteiger partial charge on any atom is 0.202 e. The summed E-state index contributed by atoms with van der Waals surface area (Å²) in [7, 11) is 0. The molecule has 98 valence electrons. The van der Waals surface area contributed by atoms with Gasteiger partial charge in [0.2, 0.25) is 5.13 Å². The first-order chi connectivity index (χ1) is 8.49. The van der Waals surface area contributed by atoms with E-state index in [1.807, 2.05) is 6.20 Å². The molecule has 6 heteroatoms. The average molecular weight is 282 g/mol. The van der Waals surface area contributed by atoms with Gasteiger partial charge >= 0.3 is 0 Å². The van der Waals surface area contributed by atoms with Gasteiger partial charge < -0.3 is 5.32 Å². The molecule has 0 saturated heterocycles. The number of rotatable bonds is 4. The Bertz CT molecular complexity index is 510. The van der Waals surface area contributed by atoms with Crippen molar-refractivity contribution in [2.45, 2.75) is 46.1 Å². The second kappa shape index (κ2) is 5.32. The van der Waals surface area contributed by atoms with E-state index in [1.54, 1.807) is 11.3 Å². The van der Waals surface area contributed by atoms with E-state index in [4.69, 9.17) is 0 Å². The molecule has 0 fully saturated rings. The highest BCUT2D eigenvalue weighted by molar-refractivity contribution is 7.11. The molecule has 0 unspecified atom stereocenters. The molecule has 1 N–H and O–H groups in total. The number of thiazole rings is 1. The zero-order chi connectivity index (χ0) is 13.2. The summed E-state index contributed by atoms with van der Waals surface area (Å²) in [5, 5.41) is 5.25. The molecule has 0 aliphatic rings. The minimum absolute atomic E-state index is 0.00694. The third kappa shape index (κ3) is 3.26. The van der Waals surface area contributed by atoms with Crippen LogP contribution in [0.15, 0.2) is 6.20 Å².